The molecule has 1 atom stereocenters. The van der Waals surface area contributed by atoms with Gasteiger partial charge in [-0.15, -0.1) is 11.3 Å². The number of amides is 2. The van der Waals surface area contributed by atoms with Gasteiger partial charge in [0.2, 0.25) is 0 Å². The van der Waals surface area contributed by atoms with Gasteiger partial charge in [-0.2, -0.15) is 0 Å². The lowest BCUT2D eigenvalue weighted by molar-refractivity contribution is -0.141. The third-order valence-corrected chi connectivity index (χ3v) is 3.27. The van der Waals surface area contributed by atoms with Crippen molar-refractivity contribution in [2.75, 3.05) is 6.54 Å². The van der Waals surface area contributed by atoms with Gasteiger partial charge in [0.25, 0.3) is 0 Å². The lowest BCUT2D eigenvalue weighted by Gasteiger charge is -2.11. The molecule has 3 N–H and O–H groups in total. The maximum absolute atomic E-state index is 11.4. The first-order chi connectivity index (χ1) is 8.52. The van der Waals surface area contributed by atoms with Gasteiger partial charge < -0.3 is 15.7 Å². The Kier molecular flexibility index (Phi) is 5.57. The Morgan fingerprint density at radius 3 is 2.72 bits per heavy atom. The van der Waals surface area contributed by atoms with E-state index in [1.165, 1.54) is 11.3 Å². The highest BCUT2D eigenvalue weighted by Crippen LogP contribution is 2.07. The number of urea groups is 1. The molecule has 7 heteroatoms. The Morgan fingerprint density at radius 1 is 1.50 bits per heavy atom. The monoisotopic (exact) mass is 271 g/mol. The summed E-state index contributed by atoms with van der Waals surface area (Å²) in [6.07, 6.45) is 0.487. The summed E-state index contributed by atoms with van der Waals surface area (Å²) in [6, 6.07) is -0.375. The van der Waals surface area contributed by atoms with Crippen molar-refractivity contribution in [1.29, 1.82) is 0 Å². The minimum absolute atomic E-state index is 0.133. The van der Waals surface area contributed by atoms with Crippen molar-refractivity contribution >= 4 is 23.3 Å². The van der Waals surface area contributed by atoms with Crippen LogP contribution in [-0.2, 0) is 11.3 Å². The zero-order chi connectivity index (χ0) is 13.5. The van der Waals surface area contributed by atoms with Crippen molar-refractivity contribution in [2.24, 2.45) is 5.92 Å². The minimum Gasteiger partial charge on any atom is -0.481 e. The van der Waals surface area contributed by atoms with Crippen molar-refractivity contribution in [3.8, 4) is 0 Å². The molecular weight excluding hydrogens is 254 g/mol. The maximum Gasteiger partial charge on any atom is 0.315 e. The van der Waals surface area contributed by atoms with Gasteiger partial charge in [-0.05, 0) is 13.3 Å². The number of carboxylic acid groups (broad SMARTS) is 1. The van der Waals surface area contributed by atoms with E-state index in [-0.39, 0.29) is 12.6 Å². The van der Waals surface area contributed by atoms with Gasteiger partial charge in [0.15, 0.2) is 0 Å². The van der Waals surface area contributed by atoms with Gasteiger partial charge in [-0.25, -0.2) is 9.78 Å². The van der Waals surface area contributed by atoms with Crippen molar-refractivity contribution in [1.82, 2.24) is 15.6 Å². The molecule has 0 aliphatic carbocycles. The highest BCUT2D eigenvalue weighted by Gasteiger charge is 2.15. The van der Waals surface area contributed by atoms with E-state index in [9.17, 15) is 9.59 Å². The molecule has 0 radical (unpaired) electrons. The van der Waals surface area contributed by atoms with Crippen molar-refractivity contribution in [3.63, 3.8) is 0 Å². The van der Waals surface area contributed by atoms with Gasteiger partial charge >= 0.3 is 12.0 Å². The van der Waals surface area contributed by atoms with E-state index in [1.807, 2.05) is 12.3 Å². The molecule has 0 fully saturated rings. The summed E-state index contributed by atoms with van der Waals surface area (Å²) in [5.74, 6) is -1.44. The van der Waals surface area contributed by atoms with Gasteiger partial charge in [0.05, 0.1) is 23.2 Å². The average Bonchev–Trinajstić information content (AvgIpc) is 2.73. The van der Waals surface area contributed by atoms with Gasteiger partial charge in [0, 0.05) is 11.9 Å². The second kappa shape index (κ2) is 6.95. The zero-order valence-electron chi connectivity index (χ0n) is 10.4. The smallest absolute Gasteiger partial charge is 0.315 e. The fourth-order valence-corrected chi connectivity index (χ4v) is 1.96. The second-order valence-electron chi connectivity index (χ2n) is 3.86. The first kappa shape index (κ1) is 14.4. The topological polar surface area (TPSA) is 91.3 Å². The number of nitrogens with one attached hydrogen (secondary N) is 2. The fourth-order valence-electron chi connectivity index (χ4n) is 1.34. The third kappa shape index (κ3) is 4.70. The summed E-state index contributed by atoms with van der Waals surface area (Å²) >= 11 is 1.52. The van der Waals surface area contributed by atoms with Crippen molar-refractivity contribution in [3.05, 3.63) is 16.1 Å². The zero-order valence-corrected chi connectivity index (χ0v) is 11.2. The first-order valence-electron chi connectivity index (χ1n) is 5.68. The summed E-state index contributed by atoms with van der Waals surface area (Å²) in [7, 11) is 0. The Bertz CT molecular complexity index is 419. The Hall–Kier alpha value is -1.63. The molecule has 1 heterocycles. The normalized spacial score (nSPS) is 11.9. The lowest BCUT2D eigenvalue weighted by Crippen LogP contribution is -2.39. The van der Waals surface area contributed by atoms with Crippen LogP contribution in [0, 0.1) is 12.8 Å². The number of aliphatic carboxylic acids is 1. The van der Waals surface area contributed by atoms with E-state index in [0.717, 1.165) is 10.7 Å². The van der Waals surface area contributed by atoms with Crippen LogP contribution < -0.4 is 10.6 Å². The number of carbonyl (C=O) groups excluding carboxylic acids is 1. The molecule has 1 rings (SSSR count). The van der Waals surface area contributed by atoms with E-state index in [4.69, 9.17) is 5.11 Å². The standard InChI is InChI=1S/C11H17N3O3S/c1-3-8(10(15)16)4-12-11(17)13-5-9-6-18-7(2)14-9/h6,8H,3-5H2,1-2H3,(H,15,16)(H2,12,13,17). The Balaban J connectivity index is 2.27. The van der Waals surface area contributed by atoms with Crippen LogP contribution in [0.5, 0.6) is 0 Å². The number of aromatic nitrogens is 1. The van der Waals surface area contributed by atoms with Crippen molar-refractivity contribution < 1.29 is 14.7 Å². The molecule has 6 nitrogen and oxygen atoms in total. The van der Waals surface area contributed by atoms with E-state index >= 15 is 0 Å². The SMILES string of the molecule is CCC(CNC(=O)NCc1csc(C)n1)C(=O)O. The van der Waals surface area contributed by atoms with E-state index in [0.29, 0.717) is 13.0 Å². The number of rotatable bonds is 6. The molecule has 1 aromatic heterocycles. The quantitative estimate of drug-likeness (QED) is 0.728. The predicted octanol–water partition coefficient (Wildman–Crippen LogP) is 1.36. The van der Waals surface area contributed by atoms with Crippen LogP contribution in [0.25, 0.3) is 0 Å². The van der Waals surface area contributed by atoms with Crippen LogP contribution in [0.3, 0.4) is 0 Å². The fraction of sp³-hybridized carbons (Fsp3) is 0.545. The highest BCUT2D eigenvalue weighted by molar-refractivity contribution is 7.09. The van der Waals surface area contributed by atoms with Crippen LogP contribution in [0.2, 0.25) is 0 Å². The number of hydrogen-bond acceptors (Lipinski definition) is 4. The molecule has 0 saturated carbocycles. The van der Waals surface area contributed by atoms with E-state index in [2.05, 4.69) is 15.6 Å². The number of carbonyl (C=O) groups is 2. The molecule has 1 aromatic rings. The molecule has 0 aliphatic rings. The Labute approximate surface area is 109 Å². The predicted molar refractivity (Wildman–Crippen MR) is 68.5 cm³/mol. The number of carboxylic acids is 1. The summed E-state index contributed by atoms with van der Waals surface area (Å²) in [4.78, 5) is 26.4. The average molecular weight is 271 g/mol. The second-order valence-corrected chi connectivity index (χ2v) is 4.93. The van der Waals surface area contributed by atoms with Gasteiger partial charge in [-0.3, -0.25) is 4.79 Å². The largest absolute Gasteiger partial charge is 0.481 e. The molecule has 0 saturated heterocycles. The Morgan fingerprint density at radius 2 is 2.22 bits per heavy atom. The van der Waals surface area contributed by atoms with Crippen LogP contribution in [-0.4, -0.2) is 28.6 Å². The minimum atomic E-state index is -0.895. The van der Waals surface area contributed by atoms with Crippen LogP contribution in [0.15, 0.2) is 5.38 Å². The molecule has 0 aromatic carbocycles. The van der Waals surface area contributed by atoms with Crippen LogP contribution in [0.4, 0.5) is 4.79 Å². The van der Waals surface area contributed by atoms with Gasteiger partial charge in [-0.1, -0.05) is 6.92 Å². The molecule has 18 heavy (non-hydrogen) atoms. The highest BCUT2D eigenvalue weighted by atomic mass is 32.1. The molecule has 0 bridgehead atoms. The number of nitrogens with zero attached hydrogens (tertiary/aromatic N) is 1. The number of thiazole rings is 1. The van der Waals surface area contributed by atoms with E-state index in [1.54, 1.807) is 6.92 Å². The number of aryl methyl sites for hydroxylation is 1. The van der Waals surface area contributed by atoms with Crippen LogP contribution in [0.1, 0.15) is 24.0 Å². The molecule has 2 amide bonds. The lowest BCUT2D eigenvalue weighted by atomic mass is 10.1. The summed E-state index contributed by atoms with van der Waals surface area (Å²) in [5.41, 5.74) is 0.804. The summed E-state index contributed by atoms with van der Waals surface area (Å²) in [6.45, 7) is 4.15. The summed E-state index contributed by atoms with van der Waals surface area (Å²) < 4.78 is 0. The molecule has 1 unspecified atom stereocenters. The molecular formula is C11H17N3O3S. The van der Waals surface area contributed by atoms with Gasteiger partial charge in [0.1, 0.15) is 0 Å². The molecule has 0 spiro atoms. The first-order valence-corrected chi connectivity index (χ1v) is 6.56. The summed E-state index contributed by atoms with van der Waals surface area (Å²) in [5, 5.41) is 16.8. The van der Waals surface area contributed by atoms with E-state index < -0.39 is 11.9 Å². The molecule has 100 valence electrons. The third-order valence-electron chi connectivity index (χ3n) is 2.45. The van der Waals surface area contributed by atoms with Crippen molar-refractivity contribution in [2.45, 2.75) is 26.8 Å². The number of hydrogen-bond donors (Lipinski definition) is 3. The molecule has 0 aliphatic heterocycles. The maximum atomic E-state index is 11.4. The van der Waals surface area contributed by atoms with Crippen LogP contribution >= 0.6 is 11.3 Å².